The average Bonchev–Trinajstić information content (AvgIpc) is 2.41. The van der Waals surface area contributed by atoms with E-state index in [2.05, 4.69) is 15.9 Å². The van der Waals surface area contributed by atoms with E-state index in [-0.39, 0.29) is 0 Å². The highest BCUT2D eigenvalue weighted by molar-refractivity contribution is 9.10. The van der Waals surface area contributed by atoms with Gasteiger partial charge >= 0.3 is 11.8 Å². The third-order valence-corrected chi connectivity index (χ3v) is 4.11. The molecule has 1 aliphatic rings. The van der Waals surface area contributed by atoms with E-state index < -0.39 is 11.8 Å². The number of halogens is 2. The molecule has 0 N–H and O–H groups in total. The van der Waals surface area contributed by atoms with Gasteiger partial charge in [0.05, 0.1) is 0 Å². The zero-order chi connectivity index (χ0) is 14.7. The van der Waals surface area contributed by atoms with E-state index in [9.17, 15) is 9.59 Å². The number of carbonyl (C=O) groups excluding carboxylic acids is 2. The maximum atomic E-state index is 12.1. The Kier molecular flexibility index (Phi) is 5.05. The first-order valence-electron chi connectivity index (χ1n) is 6.55. The van der Waals surface area contributed by atoms with Crippen molar-refractivity contribution < 1.29 is 9.59 Å². The lowest BCUT2D eigenvalue weighted by Gasteiger charge is -2.33. The molecular weight excluding hydrogens is 344 g/mol. The van der Waals surface area contributed by atoms with Gasteiger partial charge in [0.15, 0.2) is 0 Å². The maximum absolute atomic E-state index is 12.1. The minimum Gasteiger partial charge on any atom is -0.333 e. The highest BCUT2D eigenvalue weighted by Crippen LogP contribution is 2.23. The van der Waals surface area contributed by atoms with Gasteiger partial charge in [0, 0.05) is 35.7 Å². The van der Waals surface area contributed by atoms with Crippen LogP contribution in [0.25, 0.3) is 0 Å². The predicted octanol–water partition coefficient (Wildman–Crippen LogP) is 2.68. The Hall–Kier alpha value is -1.07. The Morgan fingerprint density at radius 2 is 1.85 bits per heavy atom. The first-order chi connectivity index (χ1) is 9.52. The topological polar surface area (TPSA) is 40.6 Å². The molecule has 0 unspecified atom stereocenters. The van der Waals surface area contributed by atoms with E-state index >= 15 is 0 Å². The molecule has 0 radical (unpaired) electrons. The maximum Gasteiger partial charge on any atom is 0.312 e. The second-order valence-corrected chi connectivity index (χ2v) is 6.08. The Balaban J connectivity index is 2.07. The second-order valence-electron chi connectivity index (χ2n) is 4.75. The van der Waals surface area contributed by atoms with Gasteiger partial charge in [0.2, 0.25) is 0 Å². The molecule has 0 spiro atoms. The van der Waals surface area contributed by atoms with Gasteiger partial charge in [0.25, 0.3) is 0 Å². The molecule has 0 saturated carbocycles. The van der Waals surface area contributed by atoms with Gasteiger partial charge in [-0.05, 0) is 24.1 Å². The lowest BCUT2D eigenvalue weighted by Crippen LogP contribution is -2.53. The van der Waals surface area contributed by atoms with Crippen molar-refractivity contribution in [2.75, 3.05) is 19.6 Å². The van der Waals surface area contributed by atoms with Crippen molar-refractivity contribution in [1.29, 1.82) is 0 Å². The van der Waals surface area contributed by atoms with Crippen LogP contribution in [0.2, 0.25) is 5.02 Å². The van der Waals surface area contributed by atoms with Crippen LogP contribution in [0.15, 0.2) is 22.7 Å². The molecule has 108 valence electrons. The Labute approximate surface area is 131 Å². The third kappa shape index (κ3) is 3.33. The van der Waals surface area contributed by atoms with Crippen molar-refractivity contribution in [1.82, 2.24) is 9.80 Å². The Morgan fingerprint density at radius 3 is 2.50 bits per heavy atom. The largest absolute Gasteiger partial charge is 0.333 e. The summed E-state index contributed by atoms with van der Waals surface area (Å²) in [7, 11) is 0. The number of hydrogen-bond donors (Lipinski definition) is 0. The van der Waals surface area contributed by atoms with Crippen molar-refractivity contribution >= 4 is 39.3 Å². The molecule has 1 fully saturated rings. The number of hydrogen-bond acceptors (Lipinski definition) is 2. The lowest BCUT2D eigenvalue weighted by atomic mass is 10.2. The van der Waals surface area contributed by atoms with E-state index in [1.165, 1.54) is 0 Å². The van der Waals surface area contributed by atoms with Gasteiger partial charge in [-0.15, -0.1) is 0 Å². The smallest absolute Gasteiger partial charge is 0.312 e. The van der Waals surface area contributed by atoms with Crippen LogP contribution in [0.3, 0.4) is 0 Å². The molecule has 4 nitrogen and oxygen atoms in total. The molecule has 1 aromatic rings. The third-order valence-electron chi connectivity index (χ3n) is 3.27. The van der Waals surface area contributed by atoms with Crippen LogP contribution in [0.4, 0.5) is 0 Å². The van der Waals surface area contributed by atoms with Crippen molar-refractivity contribution in [3.63, 3.8) is 0 Å². The Morgan fingerprint density at radius 1 is 1.20 bits per heavy atom. The number of benzene rings is 1. The number of amides is 2. The van der Waals surface area contributed by atoms with Crippen molar-refractivity contribution in [3.8, 4) is 0 Å². The summed E-state index contributed by atoms with van der Waals surface area (Å²) < 4.78 is 0.890. The van der Waals surface area contributed by atoms with Crippen LogP contribution in [0.5, 0.6) is 0 Å². The molecule has 2 rings (SSSR count). The van der Waals surface area contributed by atoms with Gasteiger partial charge in [-0.25, -0.2) is 0 Å². The highest BCUT2D eigenvalue weighted by atomic mass is 79.9. The molecule has 20 heavy (non-hydrogen) atoms. The number of carbonyl (C=O) groups is 2. The minimum atomic E-state index is -0.441. The molecule has 2 amide bonds. The lowest BCUT2D eigenvalue weighted by molar-refractivity contribution is -0.156. The van der Waals surface area contributed by atoms with Crippen LogP contribution >= 0.6 is 27.5 Å². The number of rotatable bonds is 4. The summed E-state index contributed by atoms with van der Waals surface area (Å²) in [6.45, 7) is 4.14. The molecule has 0 aromatic heterocycles. The van der Waals surface area contributed by atoms with Gasteiger partial charge in [-0.3, -0.25) is 9.59 Å². The summed E-state index contributed by atoms with van der Waals surface area (Å²) in [5, 5.41) is 0.593. The summed E-state index contributed by atoms with van der Waals surface area (Å²) in [5.74, 6) is -0.852. The van der Waals surface area contributed by atoms with Crippen molar-refractivity contribution in [2.24, 2.45) is 0 Å². The quantitative estimate of drug-likeness (QED) is 0.776. The summed E-state index contributed by atoms with van der Waals surface area (Å²) in [5.41, 5.74) is 0.847. The normalized spacial score (nSPS) is 15.9. The van der Waals surface area contributed by atoms with Crippen LogP contribution in [0, 0.1) is 0 Å². The SMILES string of the molecule is CCCN1CCN(Cc2ccc(Br)cc2Cl)C(=O)C1=O. The molecule has 1 aliphatic heterocycles. The predicted molar refractivity (Wildman–Crippen MR) is 81.4 cm³/mol. The van der Waals surface area contributed by atoms with Gasteiger partial charge in [0.1, 0.15) is 0 Å². The molecule has 0 aliphatic carbocycles. The van der Waals surface area contributed by atoms with E-state index in [1.54, 1.807) is 15.9 Å². The molecule has 1 heterocycles. The van der Waals surface area contributed by atoms with E-state index in [0.29, 0.717) is 31.2 Å². The summed E-state index contributed by atoms with van der Waals surface area (Å²) in [4.78, 5) is 27.2. The minimum absolute atomic E-state index is 0.372. The molecule has 0 atom stereocenters. The fraction of sp³-hybridized carbons (Fsp3) is 0.429. The Bertz CT molecular complexity index is 536. The summed E-state index contributed by atoms with van der Waals surface area (Å²) >= 11 is 9.49. The van der Waals surface area contributed by atoms with Gasteiger partial charge < -0.3 is 9.80 Å². The second kappa shape index (κ2) is 6.59. The first-order valence-corrected chi connectivity index (χ1v) is 7.72. The van der Waals surface area contributed by atoms with Crippen molar-refractivity contribution in [2.45, 2.75) is 19.9 Å². The average molecular weight is 360 g/mol. The fourth-order valence-electron chi connectivity index (χ4n) is 2.20. The molecule has 1 aromatic carbocycles. The molecular formula is C14H16BrClN2O2. The zero-order valence-electron chi connectivity index (χ0n) is 11.2. The fourth-order valence-corrected chi connectivity index (χ4v) is 2.94. The van der Waals surface area contributed by atoms with E-state index in [1.807, 2.05) is 19.1 Å². The highest BCUT2D eigenvalue weighted by Gasteiger charge is 2.32. The standard InChI is InChI=1S/C14H16BrClN2O2/c1-2-5-17-6-7-18(14(20)13(17)19)9-10-3-4-11(15)8-12(10)16/h3-4,8H,2,5-7,9H2,1H3. The number of piperazine rings is 1. The van der Waals surface area contributed by atoms with Crippen molar-refractivity contribution in [3.05, 3.63) is 33.3 Å². The van der Waals surface area contributed by atoms with E-state index in [4.69, 9.17) is 11.6 Å². The van der Waals surface area contributed by atoms with Gasteiger partial charge in [-0.2, -0.15) is 0 Å². The van der Waals surface area contributed by atoms with Crippen LogP contribution in [0.1, 0.15) is 18.9 Å². The van der Waals surface area contributed by atoms with E-state index in [0.717, 1.165) is 16.5 Å². The van der Waals surface area contributed by atoms with Gasteiger partial charge in [-0.1, -0.05) is 40.5 Å². The molecule has 1 saturated heterocycles. The first kappa shape index (κ1) is 15.3. The van der Waals surface area contributed by atoms with Crippen LogP contribution < -0.4 is 0 Å². The summed E-state index contributed by atoms with van der Waals surface area (Å²) in [6.07, 6.45) is 0.859. The van der Waals surface area contributed by atoms with Crippen LogP contribution in [-0.2, 0) is 16.1 Å². The molecule has 0 bridgehead atoms. The summed E-state index contributed by atoms with van der Waals surface area (Å²) in [6, 6.07) is 5.53. The number of nitrogens with zero attached hydrogens (tertiary/aromatic N) is 2. The monoisotopic (exact) mass is 358 g/mol. The van der Waals surface area contributed by atoms with Crippen LogP contribution in [-0.4, -0.2) is 41.2 Å². The molecule has 6 heteroatoms. The zero-order valence-corrected chi connectivity index (χ0v) is 13.6.